The predicted molar refractivity (Wildman–Crippen MR) is 148 cm³/mol. The van der Waals surface area contributed by atoms with Gasteiger partial charge in [0.1, 0.15) is 11.5 Å². The number of carbonyl (C=O) groups is 1. The standard InChI is InChI=1S/C27H20FN5O3.2ClH/c28-22-7-5-17(6-8-22)9-10-29-27(34)21-11-20(12-23(13-21)33(35)36)25-16-31-26(32-25)24-14-18-3-1-2-4-19(18)15-30-24;;/h1-8,11-16H,9-10H2,(H,29,34)(H,31,32);2*1H. The number of imidazole rings is 1. The SMILES string of the molecule is Cl.Cl.O=C(NCCc1ccc(F)cc1)c1cc(-c2cnc(-c3cc4ccccc4cn3)[nH]2)cc([N+](=O)[O-])c1. The van der Waals surface area contributed by atoms with E-state index in [1.807, 2.05) is 30.3 Å². The highest BCUT2D eigenvalue weighted by Crippen LogP contribution is 2.27. The fourth-order valence-corrected chi connectivity index (χ4v) is 3.89. The van der Waals surface area contributed by atoms with Crippen LogP contribution >= 0.6 is 24.8 Å². The van der Waals surface area contributed by atoms with Crippen molar-refractivity contribution in [2.75, 3.05) is 6.54 Å². The number of hydrogen-bond donors (Lipinski definition) is 2. The first-order valence-electron chi connectivity index (χ1n) is 11.2. The summed E-state index contributed by atoms with van der Waals surface area (Å²) in [6.45, 7) is 0.296. The lowest BCUT2D eigenvalue weighted by atomic mass is 10.1. The van der Waals surface area contributed by atoms with Crippen molar-refractivity contribution in [2.45, 2.75) is 6.42 Å². The van der Waals surface area contributed by atoms with Crippen LogP contribution in [0.1, 0.15) is 15.9 Å². The number of halogens is 3. The predicted octanol–water partition coefficient (Wildman–Crippen LogP) is 6.16. The van der Waals surface area contributed by atoms with Gasteiger partial charge in [0.25, 0.3) is 11.6 Å². The van der Waals surface area contributed by atoms with Gasteiger partial charge in [0.2, 0.25) is 0 Å². The number of carbonyl (C=O) groups excluding carboxylic acids is 1. The summed E-state index contributed by atoms with van der Waals surface area (Å²) >= 11 is 0. The Morgan fingerprint density at radius 2 is 1.68 bits per heavy atom. The number of nitro groups is 1. The van der Waals surface area contributed by atoms with Gasteiger partial charge in [0.15, 0.2) is 5.82 Å². The third kappa shape index (κ3) is 6.31. The van der Waals surface area contributed by atoms with Crippen molar-refractivity contribution < 1.29 is 14.1 Å². The largest absolute Gasteiger partial charge is 0.352 e. The summed E-state index contributed by atoms with van der Waals surface area (Å²) in [5.74, 6) is -0.268. The zero-order valence-electron chi connectivity index (χ0n) is 19.8. The summed E-state index contributed by atoms with van der Waals surface area (Å²) in [7, 11) is 0. The molecule has 0 aliphatic heterocycles. The van der Waals surface area contributed by atoms with Crippen molar-refractivity contribution in [1.29, 1.82) is 0 Å². The minimum absolute atomic E-state index is 0. The van der Waals surface area contributed by atoms with Gasteiger partial charge in [-0.2, -0.15) is 0 Å². The van der Waals surface area contributed by atoms with Crippen LogP contribution in [0.4, 0.5) is 10.1 Å². The van der Waals surface area contributed by atoms with Crippen molar-refractivity contribution in [1.82, 2.24) is 20.3 Å². The van der Waals surface area contributed by atoms with E-state index in [-0.39, 0.29) is 41.9 Å². The van der Waals surface area contributed by atoms with Gasteiger partial charge in [-0.1, -0.05) is 36.4 Å². The van der Waals surface area contributed by atoms with Crippen LogP contribution < -0.4 is 5.32 Å². The van der Waals surface area contributed by atoms with Crippen molar-refractivity contribution in [3.8, 4) is 22.8 Å². The smallest absolute Gasteiger partial charge is 0.270 e. The molecule has 11 heteroatoms. The number of pyridine rings is 1. The summed E-state index contributed by atoms with van der Waals surface area (Å²) in [6.07, 6.45) is 3.81. The van der Waals surface area contributed by atoms with Crippen LogP contribution in [0.5, 0.6) is 0 Å². The van der Waals surface area contributed by atoms with Gasteiger partial charge in [-0.25, -0.2) is 9.37 Å². The number of nitrogens with zero attached hydrogens (tertiary/aromatic N) is 3. The Hall–Kier alpha value is -4.34. The van der Waals surface area contributed by atoms with Gasteiger partial charge in [-0.05, 0) is 41.6 Å². The minimum Gasteiger partial charge on any atom is -0.352 e. The number of aromatic amines is 1. The van der Waals surface area contributed by atoms with E-state index in [1.165, 1.54) is 24.3 Å². The molecule has 2 N–H and O–H groups in total. The quantitative estimate of drug-likeness (QED) is 0.185. The molecule has 0 saturated heterocycles. The highest BCUT2D eigenvalue weighted by Gasteiger charge is 2.17. The van der Waals surface area contributed by atoms with Crippen molar-refractivity contribution in [2.24, 2.45) is 0 Å². The van der Waals surface area contributed by atoms with E-state index in [0.29, 0.717) is 35.7 Å². The molecule has 0 aliphatic carbocycles. The van der Waals surface area contributed by atoms with E-state index in [0.717, 1.165) is 16.3 Å². The number of amides is 1. The third-order valence-corrected chi connectivity index (χ3v) is 5.76. The van der Waals surface area contributed by atoms with E-state index in [9.17, 15) is 19.3 Å². The molecule has 0 atom stereocenters. The first kappa shape index (κ1) is 28.2. The zero-order valence-corrected chi connectivity index (χ0v) is 21.4. The second-order valence-corrected chi connectivity index (χ2v) is 8.22. The number of benzene rings is 3. The maximum atomic E-state index is 13.1. The molecule has 1 amide bonds. The maximum Gasteiger partial charge on any atom is 0.270 e. The molecule has 2 aromatic heterocycles. The van der Waals surface area contributed by atoms with Gasteiger partial charge in [0.05, 0.1) is 16.8 Å². The lowest BCUT2D eigenvalue weighted by molar-refractivity contribution is -0.384. The molecule has 5 aromatic rings. The molecule has 0 aliphatic rings. The Balaban J connectivity index is 0.00000200. The number of H-pyrrole nitrogens is 1. The van der Waals surface area contributed by atoms with Crippen LogP contribution in [0.3, 0.4) is 0 Å². The molecule has 0 bridgehead atoms. The highest BCUT2D eigenvalue weighted by molar-refractivity contribution is 5.96. The van der Waals surface area contributed by atoms with Crippen LogP contribution in [0.25, 0.3) is 33.5 Å². The molecule has 0 radical (unpaired) electrons. The number of nitro benzene ring substituents is 1. The Morgan fingerprint density at radius 1 is 0.947 bits per heavy atom. The molecule has 2 heterocycles. The Morgan fingerprint density at radius 3 is 2.42 bits per heavy atom. The molecule has 5 rings (SSSR count). The van der Waals surface area contributed by atoms with Crippen LogP contribution in [-0.4, -0.2) is 32.3 Å². The van der Waals surface area contributed by atoms with Crippen LogP contribution in [0.15, 0.2) is 85.2 Å². The van der Waals surface area contributed by atoms with Gasteiger partial charge >= 0.3 is 0 Å². The average molecular weight is 554 g/mol. The Labute approximate surface area is 229 Å². The molecule has 0 saturated carbocycles. The van der Waals surface area contributed by atoms with E-state index < -0.39 is 10.8 Å². The van der Waals surface area contributed by atoms with E-state index >= 15 is 0 Å². The van der Waals surface area contributed by atoms with E-state index in [2.05, 4.69) is 20.3 Å². The number of nitrogens with one attached hydrogen (secondary N) is 2. The second kappa shape index (κ2) is 12.3. The van der Waals surface area contributed by atoms with Crippen LogP contribution in [0, 0.1) is 15.9 Å². The number of rotatable bonds is 7. The molecular weight excluding hydrogens is 532 g/mol. The number of aromatic nitrogens is 3. The maximum absolute atomic E-state index is 13.1. The molecule has 3 aromatic carbocycles. The molecule has 8 nitrogen and oxygen atoms in total. The summed E-state index contributed by atoms with van der Waals surface area (Å²) < 4.78 is 13.1. The summed E-state index contributed by atoms with van der Waals surface area (Å²) in [5.41, 5.74) is 2.40. The average Bonchev–Trinajstić information content (AvgIpc) is 3.40. The van der Waals surface area contributed by atoms with Gasteiger partial charge in [-0.15, -0.1) is 24.8 Å². The van der Waals surface area contributed by atoms with Gasteiger partial charge in [-0.3, -0.25) is 19.9 Å². The van der Waals surface area contributed by atoms with Gasteiger partial charge < -0.3 is 10.3 Å². The molecule has 0 fully saturated rings. The monoisotopic (exact) mass is 553 g/mol. The Kier molecular flexibility index (Phi) is 9.11. The van der Waals surface area contributed by atoms with E-state index in [4.69, 9.17) is 0 Å². The molecule has 0 spiro atoms. The second-order valence-electron chi connectivity index (χ2n) is 8.22. The summed E-state index contributed by atoms with van der Waals surface area (Å²) in [4.78, 5) is 35.8. The lowest BCUT2D eigenvalue weighted by Crippen LogP contribution is -2.25. The van der Waals surface area contributed by atoms with Gasteiger partial charge in [0, 0.05) is 41.4 Å². The lowest BCUT2D eigenvalue weighted by Gasteiger charge is -2.07. The van der Waals surface area contributed by atoms with E-state index in [1.54, 1.807) is 30.6 Å². The Bertz CT molecular complexity index is 1590. The summed E-state index contributed by atoms with van der Waals surface area (Å²) in [6, 6.07) is 19.9. The fourth-order valence-electron chi connectivity index (χ4n) is 3.89. The summed E-state index contributed by atoms with van der Waals surface area (Å²) in [5, 5.41) is 16.3. The first-order chi connectivity index (χ1) is 17.5. The fraction of sp³-hybridized carbons (Fsp3) is 0.0741. The zero-order chi connectivity index (χ0) is 25.1. The molecular formula is C27H22Cl2FN5O3. The third-order valence-electron chi connectivity index (χ3n) is 5.76. The van der Waals surface area contributed by atoms with Crippen molar-refractivity contribution in [3.63, 3.8) is 0 Å². The van der Waals surface area contributed by atoms with Crippen LogP contribution in [-0.2, 0) is 6.42 Å². The van der Waals surface area contributed by atoms with Crippen molar-refractivity contribution >= 4 is 47.2 Å². The number of non-ortho nitro benzene ring substituents is 1. The molecule has 38 heavy (non-hydrogen) atoms. The normalized spacial score (nSPS) is 10.3. The number of hydrogen-bond acceptors (Lipinski definition) is 5. The minimum atomic E-state index is -0.541. The first-order valence-corrected chi connectivity index (χ1v) is 11.2. The molecule has 0 unspecified atom stereocenters. The van der Waals surface area contributed by atoms with Crippen molar-refractivity contribution in [3.05, 3.63) is 112 Å². The highest BCUT2D eigenvalue weighted by atomic mass is 35.5. The van der Waals surface area contributed by atoms with Crippen LogP contribution in [0.2, 0.25) is 0 Å². The number of fused-ring (bicyclic) bond motifs is 1. The molecule has 194 valence electrons. The topological polar surface area (TPSA) is 114 Å².